The molecule has 0 saturated carbocycles. The zero-order valence-corrected chi connectivity index (χ0v) is 17.2. The summed E-state index contributed by atoms with van der Waals surface area (Å²) in [4.78, 5) is 34.5. The van der Waals surface area contributed by atoms with Crippen LogP contribution in [0.15, 0.2) is 17.4 Å². The quantitative estimate of drug-likeness (QED) is 0.460. The van der Waals surface area contributed by atoms with Crippen molar-refractivity contribution in [3.05, 3.63) is 34.0 Å². The molecule has 1 aliphatic rings. The highest BCUT2D eigenvalue weighted by molar-refractivity contribution is 7.99. The number of nitrogens with one attached hydrogen (secondary N) is 1. The molecule has 1 amide bonds. The van der Waals surface area contributed by atoms with E-state index in [1.165, 1.54) is 47.9 Å². The predicted octanol–water partition coefficient (Wildman–Crippen LogP) is 4.02. The van der Waals surface area contributed by atoms with Crippen molar-refractivity contribution in [2.24, 2.45) is 0 Å². The van der Waals surface area contributed by atoms with Crippen LogP contribution in [-0.2, 0) is 22.4 Å². The van der Waals surface area contributed by atoms with E-state index in [0.717, 1.165) is 36.9 Å². The fourth-order valence-electron chi connectivity index (χ4n) is 3.11. The summed E-state index contributed by atoms with van der Waals surface area (Å²) >= 11 is 2.79. The van der Waals surface area contributed by atoms with Crippen LogP contribution in [0, 0.1) is 6.92 Å². The van der Waals surface area contributed by atoms with Crippen molar-refractivity contribution in [1.29, 1.82) is 0 Å². The lowest BCUT2D eigenvalue weighted by molar-refractivity contribution is -0.113. The van der Waals surface area contributed by atoms with Crippen LogP contribution in [0.2, 0.25) is 0 Å². The average Bonchev–Trinajstić information content (AvgIpc) is 2.95. The van der Waals surface area contributed by atoms with E-state index in [2.05, 4.69) is 15.3 Å². The highest BCUT2D eigenvalue weighted by Crippen LogP contribution is 2.37. The van der Waals surface area contributed by atoms with E-state index >= 15 is 0 Å². The van der Waals surface area contributed by atoms with Gasteiger partial charge in [-0.15, -0.1) is 11.3 Å². The van der Waals surface area contributed by atoms with Crippen molar-refractivity contribution in [2.75, 3.05) is 18.2 Å². The number of carbonyl (C=O) groups is 2. The fourth-order valence-corrected chi connectivity index (χ4v) is 5.08. The number of aryl methyl sites for hydroxylation is 2. The van der Waals surface area contributed by atoms with E-state index in [1.54, 1.807) is 6.20 Å². The number of amides is 1. The van der Waals surface area contributed by atoms with Crippen LogP contribution in [-0.4, -0.2) is 34.7 Å². The van der Waals surface area contributed by atoms with Crippen LogP contribution in [0.5, 0.6) is 0 Å². The molecule has 27 heavy (non-hydrogen) atoms. The topological polar surface area (TPSA) is 81.2 Å². The fraction of sp³-hybridized carbons (Fsp3) is 0.474. The number of hydrogen-bond acceptors (Lipinski definition) is 7. The van der Waals surface area contributed by atoms with Gasteiger partial charge in [-0.25, -0.2) is 14.8 Å². The van der Waals surface area contributed by atoms with Crippen LogP contribution in [0.25, 0.3) is 0 Å². The van der Waals surface area contributed by atoms with Crippen LogP contribution in [0.3, 0.4) is 0 Å². The van der Waals surface area contributed by atoms with E-state index in [-0.39, 0.29) is 17.6 Å². The van der Waals surface area contributed by atoms with Gasteiger partial charge in [0, 0.05) is 16.8 Å². The number of nitrogens with zero attached hydrogens (tertiary/aromatic N) is 2. The Morgan fingerprint density at radius 1 is 1.26 bits per heavy atom. The van der Waals surface area contributed by atoms with E-state index in [1.807, 2.05) is 13.0 Å². The average molecular weight is 406 g/mol. The predicted molar refractivity (Wildman–Crippen MR) is 108 cm³/mol. The van der Waals surface area contributed by atoms with Gasteiger partial charge in [0.2, 0.25) is 5.91 Å². The Labute approximate surface area is 167 Å². The molecule has 0 fully saturated rings. The number of hydrogen-bond donors (Lipinski definition) is 1. The Hall–Kier alpha value is -1.93. The summed E-state index contributed by atoms with van der Waals surface area (Å²) in [5, 5.41) is 4.08. The normalized spacial score (nSPS) is 14.0. The van der Waals surface area contributed by atoms with Crippen molar-refractivity contribution >= 4 is 40.0 Å². The minimum absolute atomic E-state index is 0.176. The summed E-state index contributed by atoms with van der Waals surface area (Å²) in [5.74, 6) is -0.366. The Balaban J connectivity index is 1.75. The number of esters is 1. The lowest BCUT2D eigenvalue weighted by Gasteiger charge is -2.11. The van der Waals surface area contributed by atoms with Gasteiger partial charge in [0.15, 0.2) is 5.16 Å². The first kappa shape index (κ1) is 19.8. The molecule has 0 bridgehead atoms. The maximum Gasteiger partial charge on any atom is 0.341 e. The second-order valence-corrected chi connectivity index (χ2v) is 8.48. The molecular formula is C19H23N3O3S2. The first-order valence-corrected chi connectivity index (χ1v) is 10.8. The molecule has 1 N–H and O–H groups in total. The summed E-state index contributed by atoms with van der Waals surface area (Å²) in [6.07, 6.45) is 8.04. The van der Waals surface area contributed by atoms with Gasteiger partial charge in [-0.1, -0.05) is 24.6 Å². The highest BCUT2D eigenvalue weighted by Gasteiger charge is 2.25. The number of methoxy groups -OCH3 is 1. The molecule has 0 unspecified atom stereocenters. The smallest absolute Gasteiger partial charge is 0.341 e. The van der Waals surface area contributed by atoms with Gasteiger partial charge in [0.05, 0.1) is 18.4 Å². The van der Waals surface area contributed by atoms with Gasteiger partial charge in [-0.3, -0.25) is 4.79 Å². The second kappa shape index (κ2) is 9.32. The Bertz CT molecular complexity index is 836. The molecule has 6 nitrogen and oxygen atoms in total. The van der Waals surface area contributed by atoms with Crippen molar-refractivity contribution in [2.45, 2.75) is 50.6 Å². The molecule has 0 spiro atoms. The maximum absolute atomic E-state index is 12.4. The number of thiophene rings is 1. The third-order valence-corrected chi connectivity index (χ3v) is 6.49. The lowest BCUT2D eigenvalue weighted by Crippen LogP contribution is -2.16. The van der Waals surface area contributed by atoms with Crippen molar-refractivity contribution in [3.8, 4) is 0 Å². The first-order valence-electron chi connectivity index (χ1n) is 9.03. The molecule has 3 rings (SSSR count). The second-order valence-electron chi connectivity index (χ2n) is 6.43. The van der Waals surface area contributed by atoms with Crippen LogP contribution < -0.4 is 5.32 Å². The van der Waals surface area contributed by atoms with Crippen molar-refractivity contribution in [3.63, 3.8) is 0 Å². The monoisotopic (exact) mass is 405 g/mol. The van der Waals surface area contributed by atoms with Gasteiger partial charge in [0.1, 0.15) is 5.00 Å². The molecule has 8 heteroatoms. The molecule has 0 saturated heterocycles. The molecule has 0 aromatic carbocycles. The Kier molecular flexibility index (Phi) is 6.84. The minimum atomic E-state index is -0.377. The van der Waals surface area contributed by atoms with Gasteiger partial charge in [-0.05, 0) is 44.2 Å². The highest BCUT2D eigenvalue weighted by atomic mass is 32.2. The van der Waals surface area contributed by atoms with Gasteiger partial charge < -0.3 is 10.1 Å². The standard InChI is InChI=1S/C19H23N3O3S2/c1-12-9-10-20-19(21-12)26-11-15(23)22-17-16(18(24)25-2)13-7-5-3-4-6-8-14(13)27-17/h9-10H,3-8,11H2,1-2H3,(H,22,23). The summed E-state index contributed by atoms with van der Waals surface area (Å²) < 4.78 is 4.99. The molecule has 0 aliphatic heterocycles. The van der Waals surface area contributed by atoms with Crippen molar-refractivity contribution in [1.82, 2.24) is 9.97 Å². The molecule has 2 aromatic heterocycles. The number of fused-ring (bicyclic) bond motifs is 1. The van der Waals surface area contributed by atoms with E-state index in [9.17, 15) is 9.59 Å². The lowest BCUT2D eigenvalue weighted by atomic mass is 9.96. The molecule has 144 valence electrons. The number of carbonyl (C=O) groups excluding carboxylic acids is 2. The Morgan fingerprint density at radius 2 is 2.04 bits per heavy atom. The SMILES string of the molecule is COC(=O)c1c(NC(=O)CSc2nccc(C)n2)sc2c1CCCCCC2. The molecule has 2 aromatic rings. The maximum atomic E-state index is 12.4. The summed E-state index contributed by atoms with van der Waals surface area (Å²) in [7, 11) is 1.38. The minimum Gasteiger partial charge on any atom is -0.465 e. The van der Waals surface area contributed by atoms with Crippen LogP contribution >= 0.6 is 23.1 Å². The van der Waals surface area contributed by atoms with E-state index in [0.29, 0.717) is 15.7 Å². The van der Waals surface area contributed by atoms with Gasteiger partial charge in [0.25, 0.3) is 0 Å². The van der Waals surface area contributed by atoms with Crippen LogP contribution in [0.1, 0.15) is 52.2 Å². The third kappa shape index (κ3) is 5.07. The number of aromatic nitrogens is 2. The summed E-state index contributed by atoms with van der Waals surface area (Å²) in [5.41, 5.74) is 2.44. The summed E-state index contributed by atoms with van der Waals surface area (Å²) in [6.45, 7) is 1.88. The number of rotatable bonds is 5. The number of thioether (sulfide) groups is 1. The molecule has 0 radical (unpaired) electrons. The van der Waals surface area contributed by atoms with E-state index in [4.69, 9.17) is 4.74 Å². The summed E-state index contributed by atoms with van der Waals surface area (Å²) in [6, 6.07) is 1.81. The van der Waals surface area contributed by atoms with E-state index < -0.39 is 0 Å². The molecule has 2 heterocycles. The third-order valence-electron chi connectivity index (χ3n) is 4.42. The molecule has 1 aliphatic carbocycles. The largest absolute Gasteiger partial charge is 0.465 e. The first-order chi connectivity index (χ1) is 13.1. The van der Waals surface area contributed by atoms with Crippen molar-refractivity contribution < 1.29 is 14.3 Å². The Morgan fingerprint density at radius 3 is 2.78 bits per heavy atom. The van der Waals surface area contributed by atoms with Crippen LogP contribution in [0.4, 0.5) is 5.00 Å². The number of anilines is 1. The molecular weight excluding hydrogens is 382 g/mol. The van der Waals surface area contributed by atoms with Gasteiger partial charge >= 0.3 is 5.97 Å². The number of ether oxygens (including phenoxy) is 1. The molecule has 0 atom stereocenters. The zero-order valence-electron chi connectivity index (χ0n) is 15.5. The van der Waals surface area contributed by atoms with Gasteiger partial charge in [-0.2, -0.15) is 0 Å². The zero-order chi connectivity index (χ0) is 19.2.